The second-order valence-electron chi connectivity index (χ2n) is 5.80. The molecule has 1 aromatic carbocycles. The molecule has 0 bridgehead atoms. The van der Waals surface area contributed by atoms with Crippen LogP contribution in [0.2, 0.25) is 0 Å². The van der Waals surface area contributed by atoms with Crippen LogP contribution >= 0.6 is 0 Å². The Morgan fingerprint density at radius 1 is 1.19 bits per heavy atom. The van der Waals surface area contributed by atoms with Gasteiger partial charge >= 0.3 is 0 Å². The van der Waals surface area contributed by atoms with Crippen LogP contribution in [0.1, 0.15) is 35.6 Å². The topological polar surface area (TPSA) is 39.7 Å². The fourth-order valence-corrected chi connectivity index (χ4v) is 3.48. The van der Waals surface area contributed by atoms with Gasteiger partial charge in [0.15, 0.2) is 0 Å². The van der Waals surface area contributed by atoms with E-state index in [1.165, 1.54) is 16.7 Å². The van der Waals surface area contributed by atoms with E-state index < -0.39 is 0 Å². The number of rotatable bonds is 5. The van der Waals surface area contributed by atoms with Crippen LogP contribution in [0.15, 0.2) is 12.1 Å². The summed E-state index contributed by atoms with van der Waals surface area (Å²) in [5, 5.41) is 3.45. The monoisotopic (exact) mass is 293 g/mol. The van der Waals surface area contributed by atoms with Gasteiger partial charge in [-0.1, -0.05) is 6.07 Å². The highest BCUT2D eigenvalue weighted by atomic mass is 16.5. The normalized spacial score (nSPS) is 19.3. The van der Waals surface area contributed by atoms with Gasteiger partial charge in [-0.25, -0.2) is 0 Å². The van der Waals surface area contributed by atoms with Crippen LogP contribution in [0.5, 0.6) is 5.75 Å². The van der Waals surface area contributed by atoms with E-state index in [1.807, 2.05) is 7.05 Å². The number of methoxy groups -OCH3 is 2. The molecule has 1 aliphatic rings. The van der Waals surface area contributed by atoms with Gasteiger partial charge in [0, 0.05) is 38.7 Å². The van der Waals surface area contributed by atoms with Crippen LogP contribution in [0, 0.1) is 13.8 Å². The smallest absolute Gasteiger partial charge is 0.124 e. The molecule has 1 fully saturated rings. The zero-order valence-corrected chi connectivity index (χ0v) is 13.8. The van der Waals surface area contributed by atoms with E-state index in [0.717, 1.165) is 31.8 Å². The van der Waals surface area contributed by atoms with E-state index in [0.29, 0.717) is 0 Å². The minimum atomic E-state index is -0.250. The molecule has 0 amide bonds. The maximum absolute atomic E-state index is 5.97. The Kier molecular flexibility index (Phi) is 5.25. The zero-order chi connectivity index (χ0) is 15.5. The molecule has 4 heteroatoms. The first-order valence-electron chi connectivity index (χ1n) is 7.53. The van der Waals surface area contributed by atoms with Crippen molar-refractivity contribution in [3.8, 4) is 5.75 Å². The average Bonchev–Trinajstić information content (AvgIpc) is 2.50. The number of nitrogens with one attached hydrogen (secondary N) is 1. The number of hydrogen-bond acceptors (Lipinski definition) is 4. The van der Waals surface area contributed by atoms with Crippen molar-refractivity contribution in [3.05, 3.63) is 28.8 Å². The van der Waals surface area contributed by atoms with Crippen LogP contribution in [0.4, 0.5) is 0 Å². The molecule has 0 aromatic heterocycles. The predicted octanol–water partition coefficient (Wildman–Crippen LogP) is 2.77. The Bertz CT molecular complexity index is 481. The summed E-state index contributed by atoms with van der Waals surface area (Å²) in [5.41, 5.74) is 3.38. The van der Waals surface area contributed by atoms with E-state index in [9.17, 15) is 0 Å². The molecule has 1 unspecified atom stereocenters. The maximum atomic E-state index is 5.97. The SMILES string of the molecule is CNC(c1c(C)cc(C)cc1OC)C1(OC)CCOCC1. The molecule has 0 spiro atoms. The number of ether oxygens (including phenoxy) is 3. The van der Waals surface area contributed by atoms with E-state index in [4.69, 9.17) is 14.2 Å². The van der Waals surface area contributed by atoms with Crippen LogP contribution < -0.4 is 10.1 Å². The molecule has 1 saturated heterocycles. The molecule has 0 radical (unpaired) electrons. The van der Waals surface area contributed by atoms with Crippen molar-refractivity contribution in [1.29, 1.82) is 0 Å². The van der Waals surface area contributed by atoms with Crippen molar-refractivity contribution in [2.75, 3.05) is 34.5 Å². The minimum absolute atomic E-state index is 0.0851. The molecular weight excluding hydrogens is 266 g/mol. The quantitative estimate of drug-likeness (QED) is 0.906. The molecule has 118 valence electrons. The van der Waals surface area contributed by atoms with E-state index in [1.54, 1.807) is 14.2 Å². The van der Waals surface area contributed by atoms with Crippen LogP contribution in [0.3, 0.4) is 0 Å². The molecular formula is C17H27NO3. The molecule has 0 saturated carbocycles. The number of hydrogen-bond donors (Lipinski definition) is 1. The van der Waals surface area contributed by atoms with Crippen LogP contribution in [-0.2, 0) is 9.47 Å². The highest BCUT2D eigenvalue weighted by molar-refractivity contribution is 5.46. The molecule has 4 nitrogen and oxygen atoms in total. The minimum Gasteiger partial charge on any atom is -0.496 e. The highest BCUT2D eigenvalue weighted by Crippen LogP contribution is 2.42. The first kappa shape index (κ1) is 16.3. The van der Waals surface area contributed by atoms with Gasteiger partial charge in [0.2, 0.25) is 0 Å². The fraction of sp³-hybridized carbons (Fsp3) is 0.647. The van der Waals surface area contributed by atoms with Gasteiger partial charge in [-0.3, -0.25) is 0 Å². The summed E-state index contributed by atoms with van der Waals surface area (Å²) in [6.45, 7) is 5.70. The van der Waals surface area contributed by atoms with E-state index in [-0.39, 0.29) is 11.6 Å². The Hall–Kier alpha value is -1.10. The Morgan fingerprint density at radius 2 is 1.86 bits per heavy atom. The predicted molar refractivity (Wildman–Crippen MR) is 84.1 cm³/mol. The Morgan fingerprint density at radius 3 is 2.38 bits per heavy atom. The van der Waals surface area contributed by atoms with Crippen LogP contribution in [0.25, 0.3) is 0 Å². The van der Waals surface area contributed by atoms with Crippen molar-refractivity contribution < 1.29 is 14.2 Å². The van der Waals surface area contributed by atoms with Gasteiger partial charge in [0.1, 0.15) is 5.75 Å². The van der Waals surface area contributed by atoms with Crippen molar-refractivity contribution >= 4 is 0 Å². The van der Waals surface area contributed by atoms with Gasteiger partial charge in [0.25, 0.3) is 0 Å². The highest BCUT2D eigenvalue weighted by Gasteiger charge is 2.42. The van der Waals surface area contributed by atoms with E-state index >= 15 is 0 Å². The largest absolute Gasteiger partial charge is 0.496 e. The van der Waals surface area contributed by atoms with Crippen molar-refractivity contribution in [1.82, 2.24) is 5.32 Å². The van der Waals surface area contributed by atoms with Crippen molar-refractivity contribution in [2.24, 2.45) is 0 Å². The molecule has 1 N–H and O–H groups in total. The third-order valence-corrected chi connectivity index (χ3v) is 4.56. The summed E-state index contributed by atoms with van der Waals surface area (Å²) in [4.78, 5) is 0. The molecule has 1 aromatic rings. The Balaban J connectivity index is 2.50. The molecule has 0 aliphatic carbocycles. The summed E-state index contributed by atoms with van der Waals surface area (Å²) in [6.07, 6.45) is 1.76. The van der Waals surface area contributed by atoms with Gasteiger partial charge in [-0.2, -0.15) is 0 Å². The molecule has 1 aliphatic heterocycles. The molecule has 1 atom stereocenters. The third kappa shape index (κ3) is 3.07. The lowest BCUT2D eigenvalue weighted by Crippen LogP contribution is -2.48. The molecule has 2 rings (SSSR count). The van der Waals surface area contributed by atoms with E-state index in [2.05, 4.69) is 31.3 Å². The van der Waals surface area contributed by atoms with Crippen LogP contribution in [-0.4, -0.2) is 40.1 Å². The number of benzene rings is 1. The zero-order valence-electron chi connectivity index (χ0n) is 13.8. The summed E-state index contributed by atoms with van der Waals surface area (Å²) in [7, 11) is 5.51. The van der Waals surface area contributed by atoms with Crippen molar-refractivity contribution in [2.45, 2.75) is 38.3 Å². The summed E-state index contributed by atoms with van der Waals surface area (Å²) in [6, 6.07) is 4.38. The Labute approximate surface area is 127 Å². The second-order valence-corrected chi connectivity index (χ2v) is 5.80. The first-order valence-corrected chi connectivity index (χ1v) is 7.53. The van der Waals surface area contributed by atoms with Gasteiger partial charge in [-0.05, 0) is 38.1 Å². The summed E-state index contributed by atoms with van der Waals surface area (Å²) < 4.78 is 17.1. The number of aryl methyl sites for hydroxylation is 2. The summed E-state index contributed by atoms with van der Waals surface area (Å²) >= 11 is 0. The van der Waals surface area contributed by atoms with Gasteiger partial charge in [0.05, 0.1) is 18.8 Å². The molecule has 1 heterocycles. The standard InChI is InChI=1S/C17H27NO3/c1-12-10-13(2)15(14(11-12)19-4)16(18-3)17(20-5)6-8-21-9-7-17/h10-11,16,18H,6-9H2,1-5H3. The van der Waals surface area contributed by atoms with Gasteiger partial charge in [-0.15, -0.1) is 0 Å². The van der Waals surface area contributed by atoms with Gasteiger partial charge < -0.3 is 19.5 Å². The molecule has 21 heavy (non-hydrogen) atoms. The fourth-order valence-electron chi connectivity index (χ4n) is 3.48. The maximum Gasteiger partial charge on any atom is 0.124 e. The lowest BCUT2D eigenvalue weighted by Gasteiger charge is -2.43. The lowest BCUT2D eigenvalue weighted by molar-refractivity contribution is -0.111. The first-order chi connectivity index (χ1) is 10.1. The third-order valence-electron chi connectivity index (χ3n) is 4.56. The average molecular weight is 293 g/mol. The summed E-state index contributed by atoms with van der Waals surface area (Å²) in [5.74, 6) is 0.926. The number of likely N-dealkylation sites (N-methyl/N-ethyl adjacent to an activating group) is 1. The second kappa shape index (κ2) is 6.77. The lowest BCUT2D eigenvalue weighted by atomic mass is 9.80. The van der Waals surface area contributed by atoms with Crippen molar-refractivity contribution in [3.63, 3.8) is 0 Å².